The number of carboxylic acid groups (broad SMARTS) is 2. The summed E-state index contributed by atoms with van der Waals surface area (Å²) in [6.45, 7) is 12.5. The number of hydrogen-bond acceptors (Lipinski definition) is 13. The van der Waals surface area contributed by atoms with Crippen molar-refractivity contribution in [1.29, 1.82) is 0 Å². The molecule has 17 nitrogen and oxygen atoms in total. The highest BCUT2D eigenvalue weighted by atomic mass is 32.2. The molecule has 0 radical (unpaired) electrons. The summed E-state index contributed by atoms with van der Waals surface area (Å²) in [5, 5.41) is 28.1. The quantitative estimate of drug-likeness (QED) is 0.0349. The highest BCUT2D eigenvalue weighted by molar-refractivity contribution is 7.99. The first-order valence-electron chi connectivity index (χ1n) is 20.4. The SMILES string of the molecule is CCc1nc(C)sc1C(=O)Cc1nc2cc(C(=O)O)cc(OC)c2n1C/C=C/Cn1c(NC(=O)c2cc(C)nn2CC)nc2cc(C(=O)O)cc(SCCCN3CCOCC3)c21. The number of hydrogen-bond donors (Lipinski definition) is 3. The molecule has 62 heavy (non-hydrogen) atoms. The van der Waals surface area contributed by atoms with E-state index in [1.165, 1.54) is 36.6 Å². The fraction of sp³-hybridized carbons (Fsp3) is 0.395. The number of imidazole rings is 2. The number of Topliss-reactive ketones (excluding diaryl/α,β-unsaturated/α-hetero) is 1. The number of carbonyl (C=O) groups is 4. The molecule has 1 amide bonds. The number of aromatic carboxylic acids is 2. The number of thioether (sulfide) groups is 1. The Morgan fingerprint density at radius 2 is 1.61 bits per heavy atom. The maximum absolute atomic E-state index is 13.8. The molecule has 0 saturated carbocycles. The van der Waals surface area contributed by atoms with Gasteiger partial charge in [-0.15, -0.1) is 23.1 Å². The number of ketones is 1. The Balaban J connectivity index is 1.25. The van der Waals surface area contributed by atoms with E-state index in [1.807, 2.05) is 49.0 Å². The number of methoxy groups -OCH3 is 1. The third kappa shape index (κ3) is 9.60. The van der Waals surface area contributed by atoms with Gasteiger partial charge in [0.15, 0.2) is 5.78 Å². The fourth-order valence-corrected chi connectivity index (χ4v) is 9.57. The molecule has 2 aromatic carbocycles. The molecule has 326 valence electrons. The van der Waals surface area contributed by atoms with Crippen LogP contribution in [0.4, 0.5) is 5.95 Å². The lowest BCUT2D eigenvalue weighted by Crippen LogP contribution is -2.36. The van der Waals surface area contributed by atoms with E-state index >= 15 is 0 Å². The first kappa shape index (κ1) is 44.2. The molecule has 19 heteroatoms. The van der Waals surface area contributed by atoms with Crippen molar-refractivity contribution in [3.05, 3.63) is 86.4 Å². The fourth-order valence-electron chi connectivity index (χ4n) is 7.57. The Kier molecular flexibility index (Phi) is 13.8. The number of rotatable bonds is 19. The summed E-state index contributed by atoms with van der Waals surface area (Å²) >= 11 is 2.88. The topological polar surface area (TPSA) is 209 Å². The first-order valence-corrected chi connectivity index (χ1v) is 22.2. The number of thiazole rings is 1. The van der Waals surface area contributed by atoms with Crippen molar-refractivity contribution in [2.45, 2.75) is 71.5 Å². The molecule has 5 heterocycles. The number of aromatic nitrogens is 7. The number of benzene rings is 2. The lowest BCUT2D eigenvalue weighted by Gasteiger charge is -2.26. The van der Waals surface area contributed by atoms with Gasteiger partial charge in [0.1, 0.15) is 22.8 Å². The lowest BCUT2D eigenvalue weighted by atomic mass is 10.1. The number of aryl methyl sites for hydroxylation is 4. The Morgan fingerprint density at radius 3 is 2.29 bits per heavy atom. The number of fused-ring (bicyclic) bond motifs is 2. The summed E-state index contributed by atoms with van der Waals surface area (Å²) in [7, 11) is 1.45. The van der Waals surface area contributed by atoms with Crippen LogP contribution in [0.1, 0.15) is 83.4 Å². The molecule has 1 aliphatic heterocycles. The average Bonchev–Trinajstić information content (AvgIpc) is 4.03. The van der Waals surface area contributed by atoms with Gasteiger partial charge >= 0.3 is 11.9 Å². The van der Waals surface area contributed by atoms with Crippen LogP contribution >= 0.6 is 23.1 Å². The van der Waals surface area contributed by atoms with E-state index in [0.29, 0.717) is 86.7 Å². The number of nitrogens with zero attached hydrogens (tertiary/aromatic N) is 8. The Labute approximate surface area is 365 Å². The second-order valence-electron chi connectivity index (χ2n) is 14.7. The molecular formula is C43H49N9O8S2. The Morgan fingerprint density at radius 1 is 0.919 bits per heavy atom. The van der Waals surface area contributed by atoms with E-state index in [9.17, 15) is 29.4 Å². The van der Waals surface area contributed by atoms with Crippen molar-refractivity contribution in [3.63, 3.8) is 0 Å². The predicted octanol–water partition coefficient (Wildman–Crippen LogP) is 6.39. The molecular weight excluding hydrogens is 835 g/mol. The van der Waals surface area contributed by atoms with Crippen molar-refractivity contribution in [3.8, 4) is 5.75 Å². The minimum Gasteiger partial charge on any atom is -0.494 e. The number of ether oxygens (including phenoxy) is 2. The van der Waals surface area contributed by atoms with Crippen molar-refractivity contribution in [1.82, 2.24) is 38.8 Å². The van der Waals surface area contributed by atoms with E-state index < -0.39 is 17.8 Å². The second kappa shape index (κ2) is 19.4. The summed E-state index contributed by atoms with van der Waals surface area (Å²) in [6.07, 6.45) is 5.19. The minimum absolute atomic E-state index is 0.00157. The van der Waals surface area contributed by atoms with Crippen LogP contribution in [0.25, 0.3) is 22.1 Å². The van der Waals surface area contributed by atoms with Gasteiger partial charge in [0.2, 0.25) is 5.95 Å². The largest absolute Gasteiger partial charge is 0.494 e. The summed E-state index contributed by atoms with van der Waals surface area (Å²) in [4.78, 5) is 69.8. The van der Waals surface area contributed by atoms with Gasteiger partial charge in [-0.2, -0.15) is 5.10 Å². The zero-order valence-corrected chi connectivity index (χ0v) is 36.9. The molecule has 0 aliphatic carbocycles. The molecule has 1 fully saturated rings. The molecule has 0 unspecified atom stereocenters. The predicted molar refractivity (Wildman–Crippen MR) is 237 cm³/mol. The molecule has 7 rings (SSSR count). The minimum atomic E-state index is -1.14. The van der Waals surface area contributed by atoms with Crippen molar-refractivity contribution in [2.75, 3.05) is 51.0 Å². The maximum atomic E-state index is 13.8. The second-order valence-corrected chi connectivity index (χ2v) is 17.1. The van der Waals surface area contributed by atoms with E-state index in [-0.39, 0.29) is 42.4 Å². The molecule has 4 aromatic heterocycles. The lowest BCUT2D eigenvalue weighted by molar-refractivity contribution is 0.0381. The van der Waals surface area contributed by atoms with Gasteiger partial charge in [0, 0.05) is 37.6 Å². The molecule has 1 aliphatic rings. The van der Waals surface area contributed by atoms with Gasteiger partial charge in [-0.05, 0) is 76.2 Å². The van der Waals surface area contributed by atoms with Gasteiger partial charge in [-0.3, -0.25) is 24.5 Å². The number of morpholine rings is 1. The molecule has 3 N–H and O–H groups in total. The zero-order chi connectivity index (χ0) is 44.1. The smallest absolute Gasteiger partial charge is 0.335 e. The van der Waals surface area contributed by atoms with Gasteiger partial charge in [0.25, 0.3) is 5.91 Å². The van der Waals surface area contributed by atoms with E-state index in [4.69, 9.17) is 19.4 Å². The normalized spacial score (nSPS) is 13.4. The van der Waals surface area contributed by atoms with Crippen LogP contribution in [0.3, 0.4) is 0 Å². The Bertz CT molecular complexity index is 2690. The van der Waals surface area contributed by atoms with Gasteiger partial charge < -0.3 is 28.8 Å². The van der Waals surface area contributed by atoms with Crippen LogP contribution in [-0.4, -0.2) is 118 Å². The number of amides is 1. The monoisotopic (exact) mass is 883 g/mol. The zero-order valence-electron chi connectivity index (χ0n) is 35.3. The number of anilines is 1. The van der Waals surface area contributed by atoms with Gasteiger partial charge in [-0.1, -0.05) is 19.1 Å². The van der Waals surface area contributed by atoms with Crippen LogP contribution in [0.5, 0.6) is 5.75 Å². The molecule has 0 spiro atoms. The Hall–Kier alpha value is -5.89. The maximum Gasteiger partial charge on any atom is 0.335 e. The van der Waals surface area contributed by atoms with Crippen molar-refractivity contribution < 1.29 is 38.9 Å². The number of nitrogens with one attached hydrogen (secondary N) is 1. The standard InChI is InChI=1S/C43H49N9O8S2/c1-6-29-39(62-26(4)44-29)33(53)24-36-45-30-20-27(41(55)56)22-34(59-5)37(30)50(36)12-8-9-13-51-38-31(46-43(51)47-40(54)32-19-25(3)48-52(32)7-2)21-28(42(57)58)23-35(38)61-18-10-11-49-14-16-60-17-15-49/h8-9,19-23H,6-7,10-18,24H2,1-5H3,(H,55,56)(H,57,58)(H,46,47,54)/b9-8+. The molecule has 1 saturated heterocycles. The van der Waals surface area contributed by atoms with Crippen molar-refractivity contribution in [2.24, 2.45) is 0 Å². The summed E-state index contributed by atoms with van der Waals surface area (Å²) in [5.41, 5.74) is 3.82. The molecule has 6 aromatic rings. The van der Waals surface area contributed by atoms with Crippen molar-refractivity contribution >= 4 is 74.7 Å². The van der Waals surface area contributed by atoms with E-state index in [0.717, 1.165) is 36.8 Å². The highest BCUT2D eigenvalue weighted by Gasteiger charge is 2.24. The number of allylic oxidation sites excluding steroid dienone is 2. The summed E-state index contributed by atoms with van der Waals surface area (Å²) in [6, 6.07) is 7.77. The third-order valence-corrected chi connectivity index (χ3v) is 12.7. The van der Waals surface area contributed by atoms with Crippen LogP contribution in [0.2, 0.25) is 0 Å². The number of carboxylic acids is 2. The number of carbonyl (C=O) groups excluding carboxylic acids is 2. The summed E-state index contributed by atoms with van der Waals surface area (Å²) in [5.74, 6) is -1.14. The first-order chi connectivity index (χ1) is 29.9. The van der Waals surface area contributed by atoms with E-state index in [2.05, 4.69) is 20.3 Å². The van der Waals surface area contributed by atoms with Crippen LogP contribution in [0, 0.1) is 13.8 Å². The molecule has 0 bridgehead atoms. The van der Waals surface area contributed by atoms with Gasteiger partial charge in [-0.25, -0.2) is 24.5 Å². The third-order valence-electron chi connectivity index (χ3n) is 10.5. The van der Waals surface area contributed by atoms with E-state index in [1.54, 1.807) is 28.6 Å². The molecule has 0 atom stereocenters. The van der Waals surface area contributed by atoms with Crippen LogP contribution < -0.4 is 10.1 Å². The van der Waals surface area contributed by atoms with Crippen LogP contribution in [-0.2, 0) is 37.2 Å². The average molecular weight is 884 g/mol. The van der Waals surface area contributed by atoms with Crippen LogP contribution in [0.15, 0.2) is 47.4 Å². The summed E-state index contributed by atoms with van der Waals surface area (Å²) < 4.78 is 16.5. The van der Waals surface area contributed by atoms with Gasteiger partial charge in [0.05, 0.1) is 75.7 Å². The highest BCUT2D eigenvalue weighted by Crippen LogP contribution is 2.34.